The highest BCUT2D eigenvalue weighted by atomic mass is 32.1. The van der Waals surface area contributed by atoms with Gasteiger partial charge in [-0.1, -0.05) is 17.4 Å². The van der Waals surface area contributed by atoms with E-state index in [9.17, 15) is 9.59 Å². The van der Waals surface area contributed by atoms with Crippen LogP contribution in [0.5, 0.6) is 11.5 Å². The molecule has 0 spiro atoms. The zero-order valence-electron chi connectivity index (χ0n) is 13.5. The van der Waals surface area contributed by atoms with Crippen LogP contribution in [0.4, 0.5) is 15.6 Å². The maximum absolute atomic E-state index is 12.1. The third-order valence-corrected chi connectivity index (χ3v) is 4.10. The second-order valence-corrected chi connectivity index (χ2v) is 6.08. The van der Waals surface area contributed by atoms with Gasteiger partial charge in [-0.15, -0.1) is 0 Å². The van der Waals surface area contributed by atoms with E-state index in [1.807, 2.05) is 0 Å². The molecule has 0 fully saturated rings. The number of esters is 1. The lowest BCUT2D eigenvalue weighted by molar-refractivity contribution is -0.131. The standard InChI is InChI=1S/C17H15N3O4S/c1-10(21)24-13-6-7-14-15(9-13)25-17(19-14)20-16(22)18-11-4-3-5-12(8-11)23-2/h3-9H,1-2H3,(H2,18,19,20,22). The van der Waals surface area contributed by atoms with Gasteiger partial charge >= 0.3 is 12.0 Å². The first-order valence-electron chi connectivity index (χ1n) is 7.34. The fraction of sp³-hybridized carbons (Fsp3) is 0.118. The second kappa shape index (κ2) is 7.18. The molecule has 2 N–H and O–H groups in total. The molecule has 2 amide bonds. The molecule has 0 saturated carbocycles. The zero-order chi connectivity index (χ0) is 17.8. The van der Waals surface area contributed by atoms with Crippen LogP contribution in [-0.4, -0.2) is 24.1 Å². The van der Waals surface area contributed by atoms with Crippen LogP contribution in [0.25, 0.3) is 10.2 Å². The average molecular weight is 357 g/mol. The average Bonchev–Trinajstić information content (AvgIpc) is 2.95. The fourth-order valence-corrected chi connectivity index (χ4v) is 3.04. The summed E-state index contributed by atoms with van der Waals surface area (Å²) >= 11 is 1.29. The van der Waals surface area contributed by atoms with E-state index in [1.54, 1.807) is 49.6 Å². The lowest BCUT2D eigenvalue weighted by atomic mass is 10.3. The molecule has 0 aliphatic heterocycles. The van der Waals surface area contributed by atoms with Crippen LogP contribution in [0.15, 0.2) is 42.5 Å². The Balaban J connectivity index is 1.71. The van der Waals surface area contributed by atoms with Crippen molar-refractivity contribution in [1.82, 2.24) is 4.98 Å². The Hall–Kier alpha value is -3.13. The van der Waals surface area contributed by atoms with Crippen molar-refractivity contribution in [2.24, 2.45) is 0 Å². The van der Waals surface area contributed by atoms with E-state index in [-0.39, 0.29) is 5.97 Å². The van der Waals surface area contributed by atoms with Gasteiger partial charge in [0, 0.05) is 24.7 Å². The van der Waals surface area contributed by atoms with E-state index in [1.165, 1.54) is 18.3 Å². The van der Waals surface area contributed by atoms with Crippen LogP contribution in [0.2, 0.25) is 0 Å². The molecule has 1 aromatic heterocycles. The van der Waals surface area contributed by atoms with Crippen LogP contribution >= 0.6 is 11.3 Å². The van der Waals surface area contributed by atoms with E-state index in [0.717, 1.165) is 4.70 Å². The minimum atomic E-state index is -0.410. The van der Waals surface area contributed by atoms with E-state index in [0.29, 0.717) is 27.8 Å². The largest absolute Gasteiger partial charge is 0.497 e. The van der Waals surface area contributed by atoms with Crippen molar-refractivity contribution in [3.05, 3.63) is 42.5 Å². The van der Waals surface area contributed by atoms with Crippen LogP contribution in [-0.2, 0) is 4.79 Å². The van der Waals surface area contributed by atoms with Crippen molar-refractivity contribution in [2.75, 3.05) is 17.7 Å². The molecule has 2 aromatic carbocycles. The number of carbonyl (C=O) groups excluding carboxylic acids is 2. The number of carbonyl (C=O) groups is 2. The van der Waals surface area contributed by atoms with Gasteiger partial charge in [-0.3, -0.25) is 10.1 Å². The topological polar surface area (TPSA) is 89.6 Å². The van der Waals surface area contributed by atoms with Gasteiger partial charge in [0.15, 0.2) is 5.13 Å². The number of anilines is 2. The van der Waals surface area contributed by atoms with E-state index in [4.69, 9.17) is 9.47 Å². The normalized spacial score (nSPS) is 10.3. The number of fused-ring (bicyclic) bond motifs is 1. The van der Waals surface area contributed by atoms with Crippen molar-refractivity contribution >= 4 is 44.4 Å². The van der Waals surface area contributed by atoms with E-state index < -0.39 is 6.03 Å². The minimum absolute atomic E-state index is 0.389. The summed E-state index contributed by atoms with van der Waals surface area (Å²) in [6, 6.07) is 11.7. The van der Waals surface area contributed by atoms with Crippen LogP contribution in [0.3, 0.4) is 0 Å². The number of nitrogens with zero attached hydrogens (tertiary/aromatic N) is 1. The Labute approximate surface area is 147 Å². The molecule has 128 valence electrons. The number of rotatable bonds is 4. The molecule has 8 heteroatoms. The lowest BCUT2D eigenvalue weighted by Crippen LogP contribution is -2.19. The first-order chi connectivity index (χ1) is 12.0. The molecule has 0 bridgehead atoms. The monoisotopic (exact) mass is 357 g/mol. The number of ether oxygens (including phenoxy) is 2. The molecule has 0 atom stereocenters. The van der Waals surface area contributed by atoms with Crippen molar-refractivity contribution in [3.8, 4) is 11.5 Å². The van der Waals surface area contributed by atoms with Gasteiger partial charge < -0.3 is 14.8 Å². The number of hydrogen-bond donors (Lipinski definition) is 2. The summed E-state index contributed by atoms with van der Waals surface area (Å²) in [6.07, 6.45) is 0. The van der Waals surface area contributed by atoms with Gasteiger partial charge in [0.2, 0.25) is 0 Å². The second-order valence-electron chi connectivity index (χ2n) is 5.05. The number of nitrogens with one attached hydrogen (secondary N) is 2. The first kappa shape index (κ1) is 16.7. The van der Waals surface area contributed by atoms with Gasteiger partial charge in [-0.2, -0.15) is 0 Å². The Kier molecular flexibility index (Phi) is 4.80. The molecule has 0 radical (unpaired) electrons. The van der Waals surface area contributed by atoms with Gasteiger partial charge in [-0.25, -0.2) is 9.78 Å². The summed E-state index contributed by atoms with van der Waals surface area (Å²) in [7, 11) is 1.56. The molecule has 25 heavy (non-hydrogen) atoms. The fourth-order valence-electron chi connectivity index (χ4n) is 2.15. The van der Waals surface area contributed by atoms with E-state index in [2.05, 4.69) is 15.6 Å². The number of hydrogen-bond acceptors (Lipinski definition) is 6. The molecule has 3 rings (SSSR count). The van der Waals surface area contributed by atoms with Gasteiger partial charge in [0.05, 0.1) is 17.3 Å². The minimum Gasteiger partial charge on any atom is -0.497 e. The maximum Gasteiger partial charge on any atom is 0.325 e. The predicted molar refractivity (Wildman–Crippen MR) is 96.6 cm³/mol. The molecule has 0 unspecified atom stereocenters. The number of aromatic nitrogens is 1. The Morgan fingerprint density at radius 3 is 2.68 bits per heavy atom. The van der Waals surface area contributed by atoms with Crippen molar-refractivity contribution in [1.29, 1.82) is 0 Å². The molecular formula is C17H15N3O4S. The summed E-state index contributed by atoms with van der Waals surface area (Å²) < 4.78 is 11.0. The summed E-state index contributed by atoms with van der Waals surface area (Å²) in [5, 5.41) is 5.84. The highest BCUT2D eigenvalue weighted by molar-refractivity contribution is 7.22. The summed E-state index contributed by atoms with van der Waals surface area (Å²) in [6.45, 7) is 1.34. The first-order valence-corrected chi connectivity index (χ1v) is 8.16. The predicted octanol–water partition coefficient (Wildman–Crippen LogP) is 3.87. The Bertz CT molecular complexity index is 939. The number of benzene rings is 2. The van der Waals surface area contributed by atoms with Crippen molar-refractivity contribution < 1.29 is 19.1 Å². The van der Waals surface area contributed by atoms with Crippen molar-refractivity contribution in [3.63, 3.8) is 0 Å². The summed E-state index contributed by atoms with van der Waals surface area (Å²) in [4.78, 5) is 27.4. The number of urea groups is 1. The molecule has 0 aliphatic carbocycles. The van der Waals surface area contributed by atoms with Crippen LogP contribution in [0, 0.1) is 0 Å². The Morgan fingerprint density at radius 2 is 1.92 bits per heavy atom. The molecule has 0 aliphatic rings. The molecule has 7 nitrogen and oxygen atoms in total. The zero-order valence-corrected chi connectivity index (χ0v) is 14.3. The van der Waals surface area contributed by atoms with Crippen LogP contribution < -0.4 is 20.1 Å². The SMILES string of the molecule is COc1cccc(NC(=O)Nc2nc3ccc(OC(C)=O)cc3s2)c1. The molecular weight excluding hydrogens is 342 g/mol. The third-order valence-electron chi connectivity index (χ3n) is 3.17. The number of thiazole rings is 1. The third kappa shape index (κ3) is 4.24. The quantitative estimate of drug-likeness (QED) is 0.546. The van der Waals surface area contributed by atoms with Gasteiger partial charge in [-0.05, 0) is 24.3 Å². The van der Waals surface area contributed by atoms with Crippen LogP contribution in [0.1, 0.15) is 6.92 Å². The Morgan fingerprint density at radius 1 is 1.08 bits per heavy atom. The number of methoxy groups -OCH3 is 1. The van der Waals surface area contributed by atoms with Gasteiger partial charge in [0.1, 0.15) is 11.5 Å². The molecule has 1 heterocycles. The smallest absolute Gasteiger partial charge is 0.325 e. The highest BCUT2D eigenvalue weighted by Gasteiger charge is 2.10. The summed E-state index contributed by atoms with van der Waals surface area (Å²) in [5.74, 6) is 0.701. The maximum atomic E-state index is 12.1. The number of amides is 2. The lowest BCUT2D eigenvalue weighted by Gasteiger charge is -2.06. The highest BCUT2D eigenvalue weighted by Crippen LogP contribution is 2.29. The summed E-state index contributed by atoms with van der Waals surface area (Å²) in [5.41, 5.74) is 1.31. The van der Waals surface area contributed by atoms with Gasteiger partial charge in [0.25, 0.3) is 0 Å². The van der Waals surface area contributed by atoms with E-state index >= 15 is 0 Å². The molecule has 3 aromatic rings. The van der Waals surface area contributed by atoms with Crippen molar-refractivity contribution in [2.45, 2.75) is 6.92 Å². The molecule has 0 saturated heterocycles.